The lowest BCUT2D eigenvalue weighted by molar-refractivity contribution is -0.134. The smallest absolute Gasteiger partial charge is 0.255 e. The second-order valence-electron chi connectivity index (χ2n) is 10.1. The first-order valence-electron chi connectivity index (χ1n) is 12.5. The molecule has 2 amide bonds. The maximum Gasteiger partial charge on any atom is 0.255 e. The van der Waals surface area contributed by atoms with Crippen molar-refractivity contribution >= 4 is 22.8 Å². The molecule has 0 unspecified atom stereocenters. The number of amides is 2. The molecule has 0 radical (unpaired) electrons. The Kier molecular flexibility index (Phi) is 6.66. The van der Waals surface area contributed by atoms with Crippen LogP contribution in [0.1, 0.15) is 41.4 Å². The first-order chi connectivity index (χ1) is 17.4. The van der Waals surface area contributed by atoms with Gasteiger partial charge in [0.25, 0.3) is 5.91 Å². The largest absolute Gasteiger partial charge is 0.493 e. The lowest BCUT2D eigenvalue weighted by atomic mass is 10.0. The molecule has 2 N–H and O–H groups in total. The molecule has 36 heavy (non-hydrogen) atoms. The first-order valence-corrected chi connectivity index (χ1v) is 12.5. The SMILES string of the molecule is COCC(=O)N1C[C@H](C)[C@H](NC(=O)c2c(C)[nH]c3c(-c4cc(C)ccc4OCC4CC4)ncnc23)C1. The molecular formula is C27H33N5O4. The molecule has 1 aromatic carbocycles. The van der Waals surface area contributed by atoms with Crippen molar-refractivity contribution in [3.8, 4) is 17.0 Å². The van der Waals surface area contributed by atoms with Gasteiger partial charge >= 0.3 is 0 Å². The lowest BCUT2D eigenvalue weighted by Gasteiger charge is -2.17. The number of benzene rings is 1. The summed E-state index contributed by atoms with van der Waals surface area (Å²) in [6, 6.07) is 5.93. The molecule has 2 atom stereocenters. The Morgan fingerprint density at radius 3 is 2.75 bits per heavy atom. The van der Waals surface area contributed by atoms with Gasteiger partial charge in [0.05, 0.1) is 23.7 Å². The number of aromatic amines is 1. The van der Waals surface area contributed by atoms with Gasteiger partial charge in [0.15, 0.2) is 0 Å². The first kappa shape index (κ1) is 24.2. The molecule has 190 valence electrons. The van der Waals surface area contributed by atoms with E-state index in [-0.39, 0.29) is 30.4 Å². The van der Waals surface area contributed by atoms with Crippen LogP contribution in [-0.2, 0) is 9.53 Å². The monoisotopic (exact) mass is 491 g/mol. The maximum absolute atomic E-state index is 13.5. The zero-order valence-corrected chi connectivity index (χ0v) is 21.3. The van der Waals surface area contributed by atoms with E-state index in [1.54, 1.807) is 4.90 Å². The summed E-state index contributed by atoms with van der Waals surface area (Å²) in [5.74, 6) is 1.26. The number of carbonyl (C=O) groups excluding carboxylic acids is 2. The summed E-state index contributed by atoms with van der Waals surface area (Å²) in [6.07, 6.45) is 3.92. The molecule has 9 heteroatoms. The Hall–Kier alpha value is -3.46. The third kappa shape index (κ3) is 4.80. The average molecular weight is 492 g/mol. The van der Waals surface area contributed by atoms with Gasteiger partial charge in [0.1, 0.15) is 29.9 Å². The number of aromatic nitrogens is 3. The van der Waals surface area contributed by atoms with E-state index in [0.717, 1.165) is 22.6 Å². The van der Waals surface area contributed by atoms with Crippen molar-refractivity contribution in [3.63, 3.8) is 0 Å². The van der Waals surface area contributed by atoms with Gasteiger partial charge in [-0.2, -0.15) is 0 Å². The highest BCUT2D eigenvalue weighted by molar-refractivity contribution is 6.09. The molecular weight excluding hydrogens is 458 g/mol. The van der Waals surface area contributed by atoms with Crippen molar-refractivity contribution in [2.45, 2.75) is 39.7 Å². The van der Waals surface area contributed by atoms with Gasteiger partial charge in [0, 0.05) is 31.5 Å². The number of fused-ring (bicyclic) bond motifs is 1. The summed E-state index contributed by atoms with van der Waals surface area (Å²) in [7, 11) is 1.51. The molecule has 5 rings (SSSR count). The number of nitrogens with one attached hydrogen (secondary N) is 2. The van der Waals surface area contributed by atoms with E-state index in [1.807, 2.05) is 32.9 Å². The summed E-state index contributed by atoms with van der Waals surface area (Å²) < 4.78 is 11.1. The number of methoxy groups -OCH3 is 1. The van der Waals surface area contributed by atoms with Crippen LogP contribution < -0.4 is 10.1 Å². The number of hydrogen-bond donors (Lipinski definition) is 2. The van der Waals surface area contributed by atoms with E-state index < -0.39 is 0 Å². The summed E-state index contributed by atoms with van der Waals surface area (Å²) in [4.78, 5) is 39.9. The maximum atomic E-state index is 13.5. The van der Waals surface area contributed by atoms with Gasteiger partial charge in [-0.05, 0) is 50.7 Å². The molecule has 1 aliphatic carbocycles. The number of rotatable bonds is 8. The van der Waals surface area contributed by atoms with Crippen LogP contribution in [0.15, 0.2) is 24.5 Å². The fourth-order valence-corrected chi connectivity index (χ4v) is 4.86. The normalized spacial score (nSPS) is 19.6. The molecule has 0 spiro atoms. The molecule has 1 saturated heterocycles. The molecule has 2 aromatic heterocycles. The van der Waals surface area contributed by atoms with Crippen molar-refractivity contribution in [1.82, 2.24) is 25.2 Å². The second-order valence-corrected chi connectivity index (χ2v) is 10.1. The Bertz CT molecular complexity index is 1300. The molecule has 2 aliphatic rings. The summed E-state index contributed by atoms with van der Waals surface area (Å²) >= 11 is 0. The minimum atomic E-state index is -0.212. The van der Waals surface area contributed by atoms with Crippen LogP contribution >= 0.6 is 0 Å². The third-order valence-electron chi connectivity index (χ3n) is 7.11. The van der Waals surface area contributed by atoms with E-state index >= 15 is 0 Å². The van der Waals surface area contributed by atoms with Crippen LogP contribution in [0.2, 0.25) is 0 Å². The Morgan fingerprint density at radius 1 is 1.19 bits per heavy atom. The van der Waals surface area contributed by atoms with Crippen LogP contribution in [0.4, 0.5) is 0 Å². The molecule has 3 aromatic rings. The lowest BCUT2D eigenvalue weighted by Crippen LogP contribution is -2.41. The van der Waals surface area contributed by atoms with Crippen molar-refractivity contribution < 1.29 is 19.1 Å². The van der Waals surface area contributed by atoms with Gasteiger partial charge in [-0.3, -0.25) is 9.59 Å². The summed E-state index contributed by atoms with van der Waals surface area (Å²) in [5, 5.41) is 3.13. The second kappa shape index (κ2) is 9.89. The van der Waals surface area contributed by atoms with Crippen LogP contribution in [0, 0.1) is 25.7 Å². The van der Waals surface area contributed by atoms with E-state index in [4.69, 9.17) is 9.47 Å². The highest BCUT2D eigenvalue weighted by Gasteiger charge is 2.34. The molecule has 9 nitrogen and oxygen atoms in total. The van der Waals surface area contributed by atoms with Crippen LogP contribution in [0.5, 0.6) is 5.75 Å². The number of nitrogens with zero attached hydrogens (tertiary/aromatic N) is 3. The van der Waals surface area contributed by atoms with Crippen LogP contribution in [0.3, 0.4) is 0 Å². The molecule has 0 bridgehead atoms. The van der Waals surface area contributed by atoms with E-state index in [1.165, 1.54) is 26.3 Å². The fourth-order valence-electron chi connectivity index (χ4n) is 4.86. The molecule has 2 fully saturated rings. The minimum absolute atomic E-state index is 0.0416. The van der Waals surface area contributed by atoms with Gasteiger partial charge in [0.2, 0.25) is 5.91 Å². The van der Waals surface area contributed by atoms with Crippen molar-refractivity contribution in [1.29, 1.82) is 0 Å². The van der Waals surface area contributed by atoms with Gasteiger partial charge in [-0.25, -0.2) is 9.97 Å². The summed E-state index contributed by atoms with van der Waals surface area (Å²) in [5.41, 5.74) is 5.18. The van der Waals surface area contributed by atoms with Gasteiger partial charge in [-0.1, -0.05) is 18.6 Å². The van der Waals surface area contributed by atoms with E-state index in [2.05, 4.69) is 26.3 Å². The zero-order valence-electron chi connectivity index (χ0n) is 21.3. The highest BCUT2D eigenvalue weighted by Crippen LogP contribution is 2.37. The third-order valence-corrected chi connectivity index (χ3v) is 7.11. The minimum Gasteiger partial charge on any atom is -0.493 e. The topological polar surface area (TPSA) is 109 Å². The van der Waals surface area contributed by atoms with Crippen molar-refractivity contribution in [2.24, 2.45) is 11.8 Å². The van der Waals surface area contributed by atoms with Crippen LogP contribution in [0.25, 0.3) is 22.3 Å². The Morgan fingerprint density at radius 2 is 2.00 bits per heavy atom. The fraction of sp³-hybridized carbons (Fsp3) is 0.481. The number of aryl methyl sites for hydroxylation is 2. The number of ether oxygens (including phenoxy) is 2. The number of carbonyl (C=O) groups is 2. The van der Waals surface area contributed by atoms with E-state index in [9.17, 15) is 9.59 Å². The molecule has 1 saturated carbocycles. The Labute approximate surface area is 210 Å². The van der Waals surface area contributed by atoms with Gasteiger partial charge in [-0.15, -0.1) is 0 Å². The quantitative estimate of drug-likeness (QED) is 0.501. The highest BCUT2D eigenvalue weighted by atomic mass is 16.5. The van der Waals surface area contributed by atoms with Crippen molar-refractivity contribution in [3.05, 3.63) is 41.3 Å². The summed E-state index contributed by atoms with van der Waals surface area (Å²) in [6.45, 7) is 7.73. The Balaban J connectivity index is 1.43. The van der Waals surface area contributed by atoms with Crippen molar-refractivity contribution in [2.75, 3.05) is 33.4 Å². The molecule has 1 aliphatic heterocycles. The molecule has 3 heterocycles. The number of hydrogen-bond acceptors (Lipinski definition) is 6. The predicted molar refractivity (Wildman–Crippen MR) is 136 cm³/mol. The van der Waals surface area contributed by atoms with E-state index in [0.29, 0.717) is 47.9 Å². The average Bonchev–Trinajstić information content (AvgIpc) is 3.51. The number of H-pyrrole nitrogens is 1. The number of likely N-dealkylation sites (tertiary alicyclic amines) is 1. The predicted octanol–water partition coefficient (Wildman–Crippen LogP) is 3.25. The van der Waals surface area contributed by atoms with Crippen LogP contribution in [-0.4, -0.2) is 71.1 Å². The standard InChI is InChI=1S/C27H33N5O4/c1-15-5-8-21(36-12-18-6-7-18)19(9-15)24-26-25(29-14-28-24)23(17(3)30-26)27(34)31-20-11-32(10-16(20)2)22(33)13-35-4/h5,8-9,14,16,18,20,30H,6-7,10-13H2,1-4H3,(H,31,34)/t16-,20+/m0/s1. The van der Waals surface area contributed by atoms with Gasteiger partial charge < -0.3 is 24.7 Å². The zero-order chi connectivity index (χ0) is 25.4.